The number of halogens is 3. The molecule has 1 aliphatic heterocycles. The van der Waals surface area contributed by atoms with E-state index < -0.39 is 17.7 Å². The fourth-order valence-electron chi connectivity index (χ4n) is 1.56. The quantitative estimate of drug-likeness (QED) is 0.749. The van der Waals surface area contributed by atoms with E-state index >= 15 is 0 Å². The van der Waals surface area contributed by atoms with Gasteiger partial charge in [-0.1, -0.05) is 29.8 Å². The summed E-state index contributed by atoms with van der Waals surface area (Å²) in [4.78, 5) is 14.4. The van der Waals surface area contributed by atoms with Crippen LogP contribution in [0, 0.1) is 6.92 Å². The van der Waals surface area contributed by atoms with E-state index in [1.807, 2.05) is 0 Å². The first-order valence-electron chi connectivity index (χ1n) is 5.01. The van der Waals surface area contributed by atoms with Crippen LogP contribution in [-0.2, 0) is 10.5 Å². The molecule has 7 heteroatoms. The maximum atomic E-state index is 12.4. The van der Waals surface area contributed by atoms with Crippen molar-refractivity contribution in [1.82, 2.24) is 0 Å². The summed E-state index contributed by atoms with van der Waals surface area (Å²) >= 11 is 0. The maximum Gasteiger partial charge on any atom is 0.453 e. The lowest BCUT2D eigenvalue weighted by atomic mass is 10.0. The maximum absolute atomic E-state index is 12.4. The number of rotatable bonds is 2. The Kier molecular flexibility index (Phi) is 2.76. The van der Waals surface area contributed by atoms with E-state index in [1.54, 1.807) is 25.1 Å². The van der Waals surface area contributed by atoms with Gasteiger partial charge >= 0.3 is 6.18 Å². The molecule has 0 saturated heterocycles. The third kappa shape index (κ3) is 2.03. The molecule has 1 unspecified atom stereocenters. The molecule has 1 heterocycles. The number of hydrogen-bond acceptors (Lipinski definition) is 4. The minimum atomic E-state index is -4.71. The first-order chi connectivity index (χ1) is 8.37. The Morgan fingerprint density at radius 2 is 2.06 bits per heavy atom. The number of hydrogen-bond donors (Lipinski definition) is 0. The van der Waals surface area contributed by atoms with Crippen molar-refractivity contribution in [1.29, 1.82) is 0 Å². The molecule has 4 nitrogen and oxygen atoms in total. The van der Waals surface area contributed by atoms with Gasteiger partial charge in [-0.05, 0) is 6.92 Å². The van der Waals surface area contributed by atoms with Crippen LogP contribution >= 0.6 is 0 Å². The number of aryl methyl sites for hydroxylation is 1. The molecule has 1 aromatic rings. The summed E-state index contributed by atoms with van der Waals surface area (Å²) in [6.07, 6.45) is -4.46. The zero-order chi connectivity index (χ0) is 13.4. The minimum absolute atomic E-state index is 0.254. The molecule has 1 aliphatic rings. The van der Waals surface area contributed by atoms with Crippen molar-refractivity contribution in [3.8, 4) is 0 Å². The molecule has 0 aliphatic carbocycles. The highest BCUT2D eigenvalue weighted by Gasteiger charge is 2.45. The molecule has 2 rings (SSSR count). The van der Waals surface area contributed by atoms with E-state index in [4.69, 9.17) is 0 Å². The van der Waals surface area contributed by atoms with Gasteiger partial charge in [-0.15, -0.1) is 10.2 Å². The summed E-state index contributed by atoms with van der Waals surface area (Å²) in [5, 5.41) is 6.33. The number of alkyl halides is 3. The second-order valence-corrected chi connectivity index (χ2v) is 3.85. The van der Waals surface area contributed by atoms with Crippen LogP contribution in [0.15, 0.2) is 39.5 Å². The van der Waals surface area contributed by atoms with Gasteiger partial charge in [-0.2, -0.15) is 13.2 Å². The van der Waals surface area contributed by atoms with Crippen LogP contribution in [0.3, 0.4) is 0 Å². The van der Waals surface area contributed by atoms with Crippen LogP contribution in [0.1, 0.15) is 11.1 Å². The first-order valence-corrected chi connectivity index (χ1v) is 5.01. The number of aliphatic imine (C=N–C) groups is 1. The predicted octanol–water partition coefficient (Wildman–Crippen LogP) is 2.77. The second kappa shape index (κ2) is 4.01. The molecule has 94 valence electrons. The van der Waals surface area contributed by atoms with E-state index in [1.165, 1.54) is 6.07 Å². The monoisotopic (exact) mass is 255 g/mol. The molecule has 0 bridgehead atoms. The third-order valence-corrected chi connectivity index (χ3v) is 2.43. The van der Waals surface area contributed by atoms with E-state index in [9.17, 15) is 18.0 Å². The Balaban J connectivity index is 2.51. The van der Waals surface area contributed by atoms with Crippen molar-refractivity contribution in [3.63, 3.8) is 0 Å². The van der Waals surface area contributed by atoms with Gasteiger partial charge in [-0.3, -0.25) is 4.79 Å². The van der Waals surface area contributed by atoms with Crippen LogP contribution in [0.5, 0.6) is 0 Å². The summed E-state index contributed by atoms with van der Waals surface area (Å²) in [7, 11) is 0. The highest BCUT2D eigenvalue weighted by atomic mass is 19.4. The van der Waals surface area contributed by atoms with Crippen molar-refractivity contribution >= 4 is 12.1 Å². The Labute approximate surface area is 100 Å². The van der Waals surface area contributed by atoms with Gasteiger partial charge in [0.2, 0.25) is 0 Å². The number of carbonyl (C=O) groups is 1. The van der Waals surface area contributed by atoms with Crippen molar-refractivity contribution in [2.75, 3.05) is 0 Å². The van der Waals surface area contributed by atoms with E-state index in [0.29, 0.717) is 0 Å². The molecule has 0 fully saturated rings. The molecule has 0 amide bonds. The molecule has 0 aromatic heterocycles. The van der Waals surface area contributed by atoms with Gasteiger partial charge in [-0.25, -0.2) is 4.99 Å². The SMILES string of the molecule is Cc1cccc(C2(C=O)N=NC(C(F)(F)F)=N2)c1. The normalized spacial score (nSPS) is 23.0. The summed E-state index contributed by atoms with van der Waals surface area (Å²) in [6.45, 7) is 1.75. The molecule has 0 N–H and O–H groups in total. The van der Waals surface area contributed by atoms with Crippen LogP contribution in [0.25, 0.3) is 0 Å². The summed E-state index contributed by atoms with van der Waals surface area (Å²) in [5.41, 5.74) is -0.850. The fraction of sp³-hybridized carbons (Fsp3) is 0.273. The smallest absolute Gasteiger partial charge is 0.298 e. The predicted molar refractivity (Wildman–Crippen MR) is 57.3 cm³/mol. The highest BCUT2D eigenvalue weighted by molar-refractivity contribution is 5.92. The zero-order valence-electron chi connectivity index (χ0n) is 9.27. The van der Waals surface area contributed by atoms with Gasteiger partial charge < -0.3 is 0 Å². The van der Waals surface area contributed by atoms with Gasteiger partial charge in [0, 0.05) is 5.56 Å². The zero-order valence-corrected chi connectivity index (χ0v) is 9.27. The molecular formula is C11H8F3N3O. The molecule has 0 saturated carbocycles. The standard InChI is InChI=1S/C11H8F3N3O/c1-7-3-2-4-8(5-7)10(6-18)15-9(16-17-10)11(12,13)14/h2-6H,1H3. The Morgan fingerprint density at radius 3 is 2.56 bits per heavy atom. The van der Waals surface area contributed by atoms with Crippen molar-refractivity contribution in [2.45, 2.75) is 18.8 Å². The number of amidine groups is 1. The van der Waals surface area contributed by atoms with Crippen molar-refractivity contribution in [3.05, 3.63) is 35.4 Å². The molecule has 0 spiro atoms. The lowest BCUT2D eigenvalue weighted by Gasteiger charge is -2.14. The highest BCUT2D eigenvalue weighted by Crippen LogP contribution is 2.34. The van der Waals surface area contributed by atoms with Crippen molar-refractivity contribution in [2.24, 2.45) is 15.2 Å². The van der Waals surface area contributed by atoms with Gasteiger partial charge in [0.1, 0.15) is 0 Å². The van der Waals surface area contributed by atoms with E-state index in [-0.39, 0.29) is 11.8 Å². The summed E-state index contributed by atoms with van der Waals surface area (Å²) < 4.78 is 37.3. The molecule has 1 atom stereocenters. The second-order valence-electron chi connectivity index (χ2n) is 3.85. The third-order valence-electron chi connectivity index (χ3n) is 2.43. The molecular weight excluding hydrogens is 247 g/mol. The van der Waals surface area contributed by atoms with Crippen LogP contribution in [0.4, 0.5) is 13.2 Å². The van der Waals surface area contributed by atoms with E-state index in [0.717, 1.165) is 5.56 Å². The van der Waals surface area contributed by atoms with Gasteiger partial charge in [0.15, 0.2) is 6.29 Å². The van der Waals surface area contributed by atoms with E-state index in [2.05, 4.69) is 15.2 Å². The number of carbonyl (C=O) groups excluding carboxylic acids is 1. The van der Waals surface area contributed by atoms with Crippen LogP contribution in [-0.4, -0.2) is 18.3 Å². The lowest BCUT2D eigenvalue weighted by molar-refractivity contribution is -0.112. The lowest BCUT2D eigenvalue weighted by Crippen LogP contribution is -2.24. The van der Waals surface area contributed by atoms with Gasteiger partial charge in [0.05, 0.1) is 0 Å². The Bertz CT molecular complexity index is 551. The number of aldehydes is 1. The minimum Gasteiger partial charge on any atom is -0.298 e. The van der Waals surface area contributed by atoms with Crippen LogP contribution in [0.2, 0.25) is 0 Å². The Morgan fingerprint density at radius 1 is 1.33 bits per heavy atom. The molecule has 0 radical (unpaired) electrons. The molecule has 18 heavy (non-hydrogen) atoms. The number of azo groups is 1. The van der Waals surface area contributed by atoms with Crippen molar-refractivity contribution < 1.29 is 18.0 Å². The average molecular weight is 255 g/mol. The largest absolute Gasteiger partial charge is 0.453 e. The number of benzene rings is 1. The molecule has 1 aromatic carbocycles. The van der Waals surface area contributed by atoms with Gasteiger partial charge in [0.25, 0.3) is 11.5 Å². The first kappa shape index (κ1) is 12.4. The summed E-state index contributed by atoms with van der Waals surface area (Å²) in [6, 6.07) is 6.41. The van der Waals surface area contributed by atoms with Crippen LogP contribution < -0.4 is 0 Å². The fourth-order valence-corrected chi connectivity index (χ4v) is 1.56. The summed E-state index contributed by atoms with van der Waals surface area (Å²) in [5.74, 6) is -1.39. The number of nitrogens with zero attached hydrogens (tertiary/aromatic N) is 3. The topological polar surface area (TPSA) is 54.1 Å². The average Bonchev–Trinajstić information content (AvgIpc) is 2.74. The Hall–Kier alpha value is -2.05.